The van der Waals surface area contributed by atoms with Crippen molar-refractivity contribution in [3.63, 3.8) is 0 Å². The van der Waals surface area contributed by atoms with E-state index in [9.17, 15) is 10.1 Å². The molecule has 1 heterocycles. The summed E-state index contributed by atoms with van der Waals surface area (Å²) in [6.45, 7) is 0.687. The van der Waals surface area contributed by atoms with Crippen LogP contribution in [0.4, 0.5) is 0 Å². The Kier molecular flexibility index (Phi) is 8.09. The summed E-state index contributed by atoms with van der Waals surface area (Å²) >= 11 is 1.38. The fourth-order valence-corrected chi connectivity index (χ4v) is 5.44. The Labute approximate surface area is 211 Å². The van der Waals surface area contributed by atoms with Gasteiger partial charge < -0.3 is 14.2 Å². The minimum absolute atomic E-state index is 0.0537. The first-order valence-electron chi connectivity index (χ1n) is 12.0. The van der Waals surface area contributed by atoms with E-state index in [1.165, 1.54) is 17.3 Å². The van der Waals surface area contributed by atoms with Gasteiger partial charge in [0.15, 0.2) is 11.0 Å². The Balaban J connectivity index is 1.53. The highest BCUT2D eigenvalue weighted by Crippen LogP contribution is 2.33. The molecule has 3 aromatic rings. The molecule has 1 saturated carbocycles. The molecule has 0 unspecified atom stereocenters. The maximum atomic E-state index is 13.1. The van der Waals surface area contributed by atoms with Crippen molar-refractivity contribution in [2.45, 2.75) is 55.8 Å². The highest BCUT2D eigenvalue weighted by atomic mass is 32.2. The third-order valence-electron chi connectivity index (χ3n) is 6.76. The Morgan fingerprint density at radius 2 is 1.83 bits per heavy atom. The maximum Gasteiger partial charge on any atom is 0.234 e. The zero-order valence-corrected chi connectivity index (χ0v) is 21.1. The van der Waals surface area contributed by atoms with E-state index >= 15 is 0 Å². The number of rotatable bonds is 9. The number of carbonyl (C=O) groups is 1. The fraction of sp³-hybridized carbons (Fsp3) is 0.407. The SMILES string of the molecule is COc1ccc(-c2nnc(SCC(=O)N(C)C3(C#N)CCCCC3)n2CCc2ccccc2)cc1. The van der Waals surface area contributed by atoms with Crippen LogP contribution in [0, 0.1) is 11.3 Å². The van der Waals surface area contributed by atoms with E-state index in [-0.39, 0.29) is 11.7 Å². The van der Waals surface area contributed by atoms with Crippen LogP contribution in [0.25, 0.3) is 11.4 Å². The van der Waals surface area contributed by atoms with Crippen LogP contribution in [-0.4, -0.2) is 51.0 Å². The molecule has 1 amide bonds. The molecule has 8 heteroatoms. The number of aromatic nitrogens is 3. The number of methoxy groups -OCH3 is 1. The van der Waals surface area contributed by atoms with Crippen molar-refractivity contribution in [2.75, 3.05) is 19.9 Å². The second-order valence-electron chi connectivity index (χ2n) is 8.87. The molecule has 2 aromatic carbocycles. The van der Waals surface area contributed by atoms with E-state index in [0.717, 1.165) is 55.7 Å². The molecule has 0 bridgehead atoms. The quantitative estimate of drug-likeness (QED) is 0.395. The second-order valence-corrected chi connectivity index (χ2v) is 9.81. The Morgan fingerprint density at radius 3 is 2.49 bits per heavy atom. The van der Waals surface area contributed by atoms with Crippen molar-refractivity contribution < 1.29 is 9.53 Å². The summed E-state index contributed by atoms with van der Waals surface area (Å²) in [5.74, 6) is 1.70. The molecule has 35 heavy (non-hydrogen) atoms. The lowest BCUT2D eigenvalue weighted by atomic mass is 9.81. The molecule has 4 rings (SSSR count). The highest BCUT2D eigenvalue weighted by Gasteiger charge is 2.38. The van der Waals surface area contributed by atoms with Gasteiger partial charge >= 0.3 is 0 Å². The van der Waals surface area contributed by atoms with E-state index in [4.69, 9.17) is 4.74 Å². The zero-order chi connectivity index (χ0) is 24.7. The van der Waals surface area contributed by atoms with Gasteiger partial charge in [0.2, 0.25) is 5.91 Å². The van der Waals surface area contributed by atoms with E-state index in [0.29, 0.717) is 11.7 Å². The normalized spacial score (nSPS) is 14.8. The van der Waals surface area contributed by atoms with Gasteiger partial charge in [0.25, 0.3) is 0 Å². The van der Waals surface area contributed by atoms with Crippen molar-refractivity contribution in [1.29, 1.82) is 5.26 Å². The van der Waals surface area contributed by atoms with Crippen molar-refractivity contribution in [3.05, 3.63) is 60.2 Å². The molecular formula is C27H31N5O2S. The highest BCUT2D eigenvalue weighted by molar-refractivity contribution is 7.99. The van der Waals surface area contributed by atoms with Crippen molar-refractivity contribution in [1.82, 2.24) is 19.7 Å². The lowest BCUT2D eigenvalue weighted by Crippen LogP contribution is -2.50. The zero-order valence-electron chi connectivity index (χ0n) is 20.3. The van der Waals surface area contributed by atoms with Gasteiger partial charge in [-0.1, -0.05) is 61.4 Å². The van der Waals surface area contributed by atoms with Gasteiger partial charge in [0, 0.05) is 19.2 Å². The predicted octanol–water partition coefficient (Wildman–Crippen LogP) is 4.97. The van der Waals surface area contributed by atoms with Crippen molar-refractivity contribution >= 4 is 17.7 Å². The van der Waals surface area contributed by atoms with Crippen LogP contribution < -0.4 is 4.74 Å². The molecule has 1 aliphatic carbocycles. The average Bonchev–Trinajstić information content (AvgIpc) is 3.33. The third kappa shape index (κ3) is 5.68. The van der Waals surface area contributed by atoms with E-state index < -0.39 is 5.54 Å². The first kappa shape index (κ1) is 24.8. The van der Waals surface area contributed by atoms with Gasteiger partial charge in [-0.25, -0.2) is 0 Å². The monoisotopic (exact) mass is 489 g/mol. The van der Waals surface area contributed by atoms with E-state index in [1.54, 1.807) is 19.1 Å². The molecule has 0 N–H and O–H groups in total. The third-order valence-corrected chi connectivity index (χ3v) is 7.71. The molecule has 0 atom stereocenters. The summed E-state index contributed by atoms with van der Waals surface area (Å²) in [7, 11) is 3.41. The molecule has 1 fully saturated rings. The predicted molar refractivity (Wildman–Crippen MR) is 137 cm³/mol. The number of hydrogen-bond acceptors (Lipinski definition) is 6. The summed E-state index contributed by atoms with van der Waals surface area (Å²) in [4.78, 5) is 14.8. The number of thioether (sulfide) groups is 1. The molecule has 7 nitrogen and oxygen atoms in total. The largest absolute Gasteiger partial charge is 0.497 e. The lowest BCUT2D eigenvalue weighted by molar-refractivity contribution is -0.131. The maximum absolute atomic E-state index is 13.1. The van der Waals surface area contributed by atoms with Gasteiger partial charge in [-0.05, 0) is 49.1 Å². The minimum atomic E-state index is -0.689. The van der Waals surface area contributed by atoms with Crippen LogP contribution in [0.5, 0.6) is 5.75 Å². The molecule has 0 saturated heterocycles. The summed E-state index contributed by atoms with van der Waals surface area (Å²) in [5.41, 5.74) is 1.47. The van der Waals surface area contributed by atoms with Crippen molar-refractivity contribution in [2.24, 2.45) is 0 Å². The molecule has 0 radical (unpaired) electrons. The van der Waals surface area contributed by atoms with Crippen LogP contribution in [0.1, 0.15) is 37.7 Å². The first-order chi connectivity index (χ1) is 17.1. The average molecular weight is 490 g/mol. The van der Waals surface area contributed by atoms with Gasteiger partial charge in [-0.15, -0.1) is 10.2 Å². The molecule has 1 aromatic heterocycles. The number of amides is 1. The van der Waals surface area contributed by atoms with Crippen LogP contribution in [0.2, 0.25) is 0 Å². The molecule has 1 aliphatic rings. The number of nitriles is 1. The van der Waals surface area contributed by atoms with E-state index in [1.807, 2.05) is 42.5 Å². The Morgan fingerprint density at radius 1 is 1.11 bits per heavy atom. The number of aryl methyl sites for hydroxylation is 1. The van der Waals surface area contributed by atoms with Crippen LogP contribution in [0.15, 0.2) is 59.8 Å². The van der Waals surface area contributed by atoms with Gasteiger partial charge in [0.05, 0.1) is 18.9 Å². The fourth-order valence-electron chi connectivity index (χ4n) is 4.56. The topological polar surface area (TPSA) is 84.0 Å². The van der Waals surface area contributed by atoms with Crippen molar-refractivity contribution in [3.8, 4) is 23.2 Å². The number of nitrogens with zero attached hydrogens (tertiary/aromatic N) is 5. The second kappa shape index (κ2) is 11.4. The van der Waals surface area contributed by atoms with Gasteiger partial charge in [-0.2, -0.15) is 5.26 Å². The number of ether oxygens (including phenoxy) is 1. The summed E-state index contributed by atoms with van der Waals surface area (Å²) in [6.07, 6.45) is 5.39. The molecule has 0 spiro atoms. The Hall–Kier alpha value is -3.31. The number of carbonyl (C=O) groups excluding carboxylic acids is 1. The summed E-state index contributed by atoms with van der Waals surface area (Å²) in [6, 6.07) is 20.5. The number of benzene rings is 2. The smallest absolute Gasteiger partial charge is 0.234 e. The lowest BCUT2D eigenvalue weighted by Gasteiger charge is -2.39. The summed E-state index contributed by atoms with van der Waals surface area (Å²) < 4.78 is 7.37. The van der Waals surface area contributed by atoms with Crippen LogP contribution >= 0.6 is 11.8 Å². The number of hydrogen-bond donors (Lipinski definition) is 0. The Bertz CT molecular complexity index is 1160. The van der Waals surface area contributed by atoms with E-state index in [2.05, 4.69) is 33.0 Å². The van der Waals surface area contributed by atoms with Crippen LogP contribution in [-0.2, 0) is 17.8 Å². The van der Waals surface area contributed by atoms with Gasteiger partial charge in [-0.3, -0.25) is 4.79 Å². The molecule has 0 aliphatic heterocycles. The van der Waals surface area contributed by atoms with Crippen LogP contribution in [0.3, 0.4) is 0 Å². The molecular weight excluding hydrogens is 458 g/mol. The summed E-state index contributed by atoms with van der Waals surface area (Å²) in [5, 5.41) is 19.5. The van der Waals surface area contributed by atoms with Gasteiger partial charge in [0.1, 0.15) is 11.3 Å². The standard InChI is InChI=1S/C27H31N5O2S/c1-31(27(20-28)16-7-4-8-17-27)24(33)19-35-26-30-29-25(22-11-13-23(34-2)14-12-22)32(26)18-15-21-9-5-3-6-10-21/h3,5-6,9-14H,4,7-8,15-19H2,1-2H3. The minimum Gasteiger partial charge on any atom is -0.497 e. The first-order valence-corrected chi connectivity index (χ1v) is 13.0. The molecule has 182 valence electrons.